The average Bonchev–Trinajstić information content (AvgIpc) is 2.69. The standard InChI is InChI=1S/C20H29N3O3.ClH/c1-16-14-21-10-12-23(16)20(25)17-6-5-11-22(15-17)19(24)9-13-26-18-7-3-2-4-8-18;/h2-4,7-8,16-17,21H,5-6,9-15H2,1H3;1H. The van der Waals surface area contributed by atoms with Gasteiger partial charge in [0.05, 0.1) is 18.9 Å². The van der Waals surface area contributed by atoms with Gasteiger partial charge in [-0.3, -0.25) is 9.59 Å². The SMILES string of the molecule is CC1CNCCN1C(=O)C1CCCN(C(=O)CCOc2ccccc2)C1.Cl. The van der Waals surface area contributed by atoms with Crippen LogP contribution in [0.3, 0.4) is 0 Å². The van der Waals surface area contributed by atoms with Crippen molar-refractivity contribution in [2.24, 2.45) is 5.92 Å². The van der Waals surface area contributed by atoms with Crippen LogP contribution in [0.1, 0.15) is 26.2 Å². The van der Waals surface area contributed by atoms with Crippen LogP contribution in [0, 0.1) is 5.92 Å². The van der Waals surface area contributed by atoms with Crippen LogP contribution in [0.5, 0.6) is 5.75 Å². The molecule has 7 heteroatoms. The summed E-state index contributed by atoms with van der Waals surface area (Å²) in [6.45, 7) is 6.18. The third-order valence-electron chi connectivity index (χ3n) is 5.24. The van der Waals surface area contributed by atoms with Gasteiger partial charge in [0.2, 0.25) is 11.8 Å². The fourth-order valence-corrected chi connectivity index (χ4v) is 3.74. The maximum absolute atomic E-state index is 12.9. The maximum atomic E-state index is 12.9. The van der Waals surface area contributed by atoms with E-state index >= 15 is 0 Å². The van der Waals surface area contributed by atoms with E-state index in [9.17, 15) is 9.59 Å². The van der Waals surface area contributed by atoms with Crippen molar-refractivity contribution in [1.82, 2.24) is 15.1 Å². The summed E-state index contributed by atoms with van der Waals surface area (Å²) in [6.07, 6.45) is 2.11. The number of hydrogen-bond acceptors (Lipinski definition) is 4. The molecular weight excluding hydrogens is 366 g/mol. The minimum absolute atomic E-state index is 0. The van der Waals surface area contributed by atoms with Crippen LogP contribution in [-0.4, -0.2) is 67.0 Å². The number of rotatable bonds is 5. The van der Waals surface area contributed by atoms with Crippen LogP contribution < -0.4 is 10.1 Å². The number of amides is 2. The van der Waals surface area contributed by atoms with Gasteiger partial charge in [0.15, 0.2) is 0 Å². The number of piperidine rings is 1. The molecule has 0 radical (unpaired) electrons. The van der Waals surface area contributed by atoms with E-state index in [2.05, 4.69) is 12.2 Å². The number of hydrogen-bond donors (Lipinski definition) is 1. The van der Waals surface area contributed by atoms with Crippen LogP contribution in [0.4, 0.5) is 0 Å². The van der Waals surface area contributed by atoms with Crippen molar-refractivity contribution < 1.29 is 14.3 Å². The van der Waals surface area contributed by atoms with Crippen LogP contribution in [0.15, 0.2) is 30.3 Å². The fraction of sp³-hybridized carbons (Fsp3) is 0.600. The number of piperazine rings is 1. The van der Waals surface area contributed by atoms with E-state index in [4.69, 9.17) is 4.74 Å². The van der Waals surface area contributed by atoms with Crippen molar-refractivity contribution in [3.8, 4) is 5.75 Å². The van der Waals surface area contributed by atoms with E-state index in [1.54, 1.807) is 0 Å². The Hall–Kier alpha value is -1.79. The molecule has 2 heterocycles. The summed E-state index contributed by atoms with van der Waals surface area (Å²) < 4.78 is 5.62. The van der Waals surface area contributed by atoms with Gasteiger partial charge < -0.3 is 19.9 Å². The summed E-state index contributed by atoms with van der Waals surface area (Å²) in [4.78, 5) is 29.2. The van der Waals surface area contributed by atoms with E-state index in [1.165, 1.54) is 0 Å². The summed E-state index contributed by atoms with van der Waals surface area (Å²) in [5.74, 6) is 0.992. The molecule has 0 aromatic heterocycles. The smallest absolute Gasteiger partial charge is 0.227 e. The Morgan fingerprint density at radius 2 is 2.00 bits per heavy atom. The highest BCUT2D eigenvalue weighted by Gasteiger charge is 2.33. The first-order chi connectivity index (χ1) is 12.6. The zero-order chi connectivity index (χ0) is 18.4. The van der Waals surface area contributed by atoms with Gasteiger partial charge in [-0.1, -0.05) is 18.2 Å². The van der Waals surface area contributed by atoms with Gasteiger partial charge >= 0.3 is 0 Å². The Balaban J connectivity index is 0.00000261. The molecule has 27 heavy (non-hydrogen) atoms. The summed E-state index contributed by atoms with van der Waals surface area (Å²) in [6, 6.07) is 9.75. The summed E-state index contributed by atoms with van der Waals surface area (Å²) >= 11 is 0. The lowest BCUT2D eigenvalue weighted by atomic mass is 9.95. The van der Waals surface area contributed by atoms with E-state index in [0.717, 1.165) is 44.8 Å². The number of benzene rings is 1. The highest BCUT2D eigenvalue weighted by Crippen LogP contribution is 2.21. The summed E-state index contributed by atoms with van der Waals surface area (Å²) in [5, 5.41) is 3.31. The Morgan fingerprint density at radius 1 is 1.22 bits per heavy atom. The Labute approximate surface area is 167 Å². The van der Waals surface area contributed by atoms with Crippen molar-refractivity contribution >= 4 is 24.2 Å². The van der Waals surface area contributed by atoms with E-state index in [0.29, 0.717) is 19.6 Å². The first kappa shape index (κ1) is 21.5. The molecule has 6 nitrogen and oxygen atoms in total. The molecule has 150 valence electrons. The highest BCUT2D eigenvalue weighted by atomic mass is 35.5. The number of halogens is 1. The minimum Gasteiger partial charge on any atom is -0.493 e. The highest BCUT2D eigenvalue weighted by molar-refractivity contribution is 5.85. The zero-order valence-corrected chi connectivity index (χ0v) is 16.7. The van der Waals surface area contributed by atoms with Crippen LogP contribution >= 0.6 is 12.4 Å². The lowest BCUT2D eigenvalue weighted by Gasteiger charge is -2.39. The van der Waals surface area contributed by atoms with Crippen LogP contribution in [0.2, 0.25) is 0 Å². The first-order valence-electron chi connectivity index (χ1n) is 9.62. The van der Waals surface area contributed by atoms with Gasteiger partial charge in [0.1, 0.15) is 5.75 Å². The lowest BCUT2D eigenvalue weighted by molar-refractivity contribution is -0.143. The van der Waals surface area contributed by atoms with Gasteiger partial charge in [0.25, 0.3) is 0 Å². The predicted molar refractivity (Wildman–Crippen MR) is 107 cm³/mol. The Morgan fingerprint density at radius 3 is 2.74 bits per heavy atom. The van der Waals surface area contributed by atoms with Crippen molar-refractivity contribution in [3.05, 3.63) is 30.3 Å². The van der Waals surface area contributed by atoms with Crippen molar-refractivity contribution in [2.75, 3.05) is 39.3 Å². The summed E-state index contributed by atoms with van der Waals surface area (Å²) in [5.41, 5.74) is 0. The van der Waals surface area contributed by atoms with Crippen LogP contribution in [0.25, 0.3) is 0 Å². The number of likely N-dealkylation sites (tertiary alicyclic amines) is 1. The average molecular weight is 396 g/mol. The van der Waals surface area contributed by atoms with Crippen molar-refractivity contribution in [1.29, 1.82) is 0 Å². The predicted octanol–water partition coefficient (Wildman–Crippen LogP) is 1.94. The monoisotopic (exact) mass is 395 g/mol. The molecule has 2 aliphatic heterocycles. The van der Waals surface area contributed by atoms with Gasteiger partial charge in [-0.25, -0.2) is 0 Å². The molecule has 1 aromatic rings. The topological polar surface area (TPSA) is 61.9 Å². The molecule has 3 rings (SSSR count). The molecule has 2 saturated heterocycles. The third kappa shape index (κ3) is 5.84. The second-order valence-corrected chi connectivity index (χ2v) is 7.18. The molecule has 2 fully saturated rings. The normalized spacial score (nSPS) is 22.7. The fourth-order valence-electron chi connectivity index (χ4n) is 3.74. The van der Waals surface area contributed by atoms with Crippen LogP contribution in [-0.2, 0) is 9.59 Å². The molecule has 1 N–H and O–H groups in total. The Kier molecular flexibility index (Phi) is 8.38. The van der Waals surface area contributed by atoms with E-state index < -0.39 is 0 Å². The second-order valence-electron chi connectivity index (χ2n) is 7.18. The molecule has 2 amide bonds. The quantitative estimate of drug-likeness (QED) is 0.827. The number of carbonyl (C=O) groups excluding carboxylic acids is 2. The molecule has 0 aliphatic carbocycles. The number of para-hydroxylation sites is 1. The molecule has 2 atom stereocenters. The zero-order valence-electron chi connectivity index (χ0n) is 15.9. The second kappa shape index (κ2) is 10.5. The molecule has 2 unspecified atom stereocenters. The maximum Gasteiger partial charge on any atom is 0.227 e. The van der Waals surface area contributed by atoms with E-state index in [1.807, 2.05) is 40.1 Å². The molecule has 0 saturated carbocycles. The molecule has 2 aliphatic rings. The number of ether oxygens (including phenoxy) is 1. The lowest BCUT2D eigenvalue weighted by Crippen LogP contribution is -2.56. The van der Waals surface area contributed by atoms with Gasteiger partial charge in [-0.15, -0.1) is 12.4 Å². The molecular formula is C20H30ClN3O3. The molecule has 0 spiro atoms. The largest absolute Gasteiger partial charge is 0.493 e. The van der Waals surface area contributed by atoms with Gasteiger partial charge in [-0.2, -0.15) is 0 Å². The number of nitrogens with one attached hydrogen (secondary N) is 1. The number of carbonyl (C=O) groups is 2. The van der Waals surface area contributed by atoms with Gasteiger partial charge in [-0.05, 0) is 31.9 Å². The first-order valence-corrected chi connectivity index (χ1v) is 9.62. The summed E-state index contributed by atoms with van der Waals surface area (Å²) in [7, 11) is 0. The molecule has 0 bridgehead atoms. The Bertz CT molecular complexity index is 614. The van der Waals surface area contributed by atoms with Crippen molar-refractivity contribution in [3.63, 3.8) is 0 Å². The third-order valence-corrected chi connectivity index (χ3v) is 5.24. The van der Waals surface area contributed by atoms with Crippen molar-refractivity contribution in [2.45, 2.75) is 32.2 Å². The minimum atomic E-state index is -0.0664. The van der Waals surface area contributed by atoms with Gasteiger partial charge in [0, 0.05) is 38.8 Å². The number of nitrogens with zero attached hydrogens (tertiary/aromatic N) is 2. The molecule has 1 aromatic carbocycles. The van der Waals surface area contributed by atoms with E-state index in [-0.39, 0.29) is 36.2 Å².